The molecule has 0 unspecified atom stereocenters. The summed E-state index contributed by atoms with van der Waals surface area (Å²) in [6.07, 6.45) is 0. The van der Waals surface area contributed by atoms with Crippen molar-refractivity contribution in [1.82, 2.24) is 0 Å². The summed E-state index contributed by atoms with van der Waals surface area (Å²) in [5, 5.41) is 3.06. The second-order valence-electron chi connectivity index (χ2n) is 8.26. The Hall–Kier alpha value is -4.20. The van der Waals surface area contributed by atoms with Crippen LogP contribution in [-0.4, -0.2) is 32.3 Å². The second-order valence-corrected chi connectivity index (χ2v) is 9.07. The van der Waals surface area contributed by atoms with Gasteiger partial charge in [-0.05, 0) is 55.0 Å². The Balaban J connectivity index is 1.64. The molecule has 0 fully saturated rings. The fraction of sp³-hybridized carbons (Fsp3) is 0.133. The number of rotatable bonds is 9. The molecule has 1 N–H and O–H groups in total. The predicted octanol–water partition coefficient (Wildman–Crippen LogP) is 8.06. The van der Waals surface area contributed by atoms with Gasteiger partial charge in [-0.25, -0.2) is 4.79 Å². The first-order valence-electron chi connectivity index (χ1n) is 12.1. The average Bonchev–Trinajstić information content (AvgIpc) is 2.94. The van der Waals surface area contributed by atoms with Crippen LogP contribution in [0.5, 0.6) is 17.2 Å². The van der Waals surface area contributed by atoms with Gasteiger partial charge in [0.15, 0.2) is 5.75 Å². The summed E-state index contributed by atoms with van der Waals surface area (Å²) < 4.78 is 16.7. The molecule has 0 saturated carbocycles. The van der Waals surface area contributed by atoms with Gasteiger partial charge in [0.25, 0.3) is 0 Å². The molecule has 4 rings (SSSR count). The highest BCUT2D eigenvalue weighted by Gasteiger charge is 2.23. The SMILES string of the molecule is CCOC(=O)CN(C(=O)Nc1ccccc1)c1cc(Cl)c(Oc2ccc(OC)c(-c3ccccc3)c2)c(Cl)c1. The Labute approximate surface area is 236 Å². The second kappa shape index (κ2) is 13.0. The molecule has 0 aliphatic rings. The van der Waals surface area contributed by atoms with E-state index in [9.17, 15) is 9.59 Å². The number of urea groups is 1. The third-order valence-corrected chi connectivity index (χ3v) is 6.19. The number of methoxy groups -OCH3 is 1. The number of halogens is 2. The molecule has 0 bridgehead atoms. The number of ether oxygens (including phenoxy) is 3. The number of benzene rings is 4. The van der Waals surface area contributed by atoms with Gasteiger partial charge in [-0.1, -0.05) is 71.7 Å². The summed E-state index contributed by atoms with van der Waals surface area (Å²) in [6.45, 7) is 1.51. The van der Waals surface area contributed by atoms with Crippen molar-refractivity contribution in [3.05, 3.63) is 101 Å². The van der Waals surface area contributed by atoms with E-state index in [0.29, 0.717) is 22.9 Å². The molecule has 4 aromatic carbocycles. The number of hydrogen-bond acceptors (Lipinski definition) is 5. The van der Waals surface area contributed by atoms with Gasteiger partial charge in [0.05, 0.1) is 23.8 Å². The van der Waals surface area contributed by atoms with Crippen molar-refractivity contribution in [2.45, 2.75) is 6.92 Å². The molecule has 0 atom stereocenters. The van der Waals surface area contributed by atoms with Crippen LogP contribution in [0.25, 0.3) is 11.1 Å². The third kappa shape index (κ3) is 7.02. The molecule has 9 heteroatoms. The lowest BCUT2D eigenvalue weighted by Crippen LogP contribution is -2.39. The topological polar surface area (TPSA) is 77.1 Å². The maximum absolute atomic E-state index is 13.2. The summed E-state index contributed by atoms with van der Waals surface area (Å²) in [5.74, 6) is 0.780. The highest BCUT2D eigenvalue weighted by molar-refractivity contribution is 6.37. The van der Waals surface area contributed by atoms with Crippen molar-refractivity contribution in [3.8, 4) is 28.4 Å². The van der Waals surface area contributed by atoms with Crippen molar-refractivity contribution >= 4 is 46.6 Å². The van der Waals surface area contributed by atoms with Crippen LogP contribution in [0.1, 0.15) is 6.92 Å². The minimum atomic E-state index is -0.583. The standard InChI is InChI=1S/C30H26Cl2N2O5/c1-3-38-28(35)19-34(30(36)33-21-12-8-5-9-13-21)22-16-25(31)29(26(32)17-22)39-23-14-15-27(37-2)24(18-23)20-10-6-4-7-11-20/h4-18H,3,19H2,1-2H3,(H,33,36). The highest BCUT2D eigenvalue weighted by Crippen LogP contribution is 2.42. The molecule has 0 saturated heterocycles. The van der Waals surface area contributed by atoms with Crippen LogP contribution in [0.3, 0.4) is 0 Å². The van der Waals surface area contributed by atoms with Gasteiger partial charge < -0.3 is 19.5 Å². The number of carbonyl (C=O) groups is 2. The van der Waals surface area contributed by atoms with E-state index >= 15 is 0 Å². The van der Waals surface area contributed by atoms with Crippen molar-refractivity contribution in [2.75, 3.05) is 30.5 Å². The van der Waals surface area contributed by atoms with E-state index in [2.05, 4.69) is 5.32 Å². The molecular formula is C30H26Cl2N2O5. The lowest BCUT2D eigenvalue weighted by Gasteiger charge is -2.23. The van der Waals surface area contributed by atoms with Crippen molar-refractivity contribution < 1.29 is 23.8 Å². The fourth-order valence-corrected chi connectivity index (χ4v) is 4.39. The monoisotopic (exact) mass is 564 g/mol. The van der Waals surface area contributed by atoms with Gasteiger partial charge in [-0.3, -0.25) is 9.69 Å². The van der Waals surface area contributed by atoms with Crippen LogP contribution < -0.4 is 19.7 Å². The molecule has 0 aliphatic carbocycles. The molecule has 7 nitrogen and oxygen atoms in total. The van der Waals surface area contributed by atoms with Gasteiger partial charge in [-0.15, -0.1) is 0 Å². The minimum absolute atomic E-state index is 0.149. The first-order valence-corrected chi connectivity index (χ1v) is 12.8. The normalized spacial score (nSPS) is 10.5. The quantitative estimate of drug-likeness (QED) is 0.208. The Kier molecular flexibility index (Phi) is 9.31. The fourth-order valence-electron chi connectivity index (χ4n) is 3.84. The molecule has 0 heterocycles. The van der Waals surface area contributed by atoms with E-state index in [4.69, 9.17) is 37.4 Å². The van der Waals surface area contributed by atoms with Crippen LogP contribution in [0, 0.1) is 0 Å². The molecular weight excluding hydrogens is 539 g/mol. The Morgan fingerprint density at radius 1 is 0.872 bits per heavy atom. The number of esters is 1. The Morgan fingerprint density at radius 3 is 2.13 bits per heavy atom. The Morgan fingerprint density at radius 2 is 1.51 bits per heavy atom. The molecule has 0 aliphatic heterocycles. The maximum Gasteiger partial charge on any atom is 0.326 e. The zero-order valence-corrected chi connectivity index (χ0v) is 22.8. The zero-order valence-electron chi connectivity index (χ0n) is 21.3. The minimum Gasteiger partial charge on any atom is -0.496 e. The summed E-state index contributed by atoms with van der Waals surface area (Å²) in [4.78, 5) is 26.7. The van der Waals surface area contributed by atoms with Gasteiger partial charge in [0.1, 0.15) is 18.0 Å². The van der Waals surface area contributed by atoms with E-state index in [1.807, 2.05) is 42.5 Å². The molecule has 0 aromatic heterocycles. The number of nitrogens with one attached hydrogen (secondary N) is 1. The largest absolute Gasteiger partial charge is 0.496 e. The molecule has 0 spiro atoms. The Bertz CT molecular complexity index is 1430. The van der Waals surface area contributed by atoms with E-state index in [-0.39, 0.29) is 28.9 Å². The van der Waals surface area contributed by atoms with E-state index in [1.165, 1.54) is 17.0 Å². The summed E-state index contributed by atoms with van der Waals surface area (Å²) in [7, 11) is 1.60. The van der Waals surface area contributed by atoms with Gasteiger partial charge >= 0.3 is 12.0 Å². The molecule has 4 aromatic rings. The smallest absolute Gasteiger partial charge is 0.326 e. The van der Waals surface area contributed by atoms with Crippen molar-refractivity contribution in [1.29, 1.82) is 0 Å². The van der Waals surface area contributed by atoms with Crippen LogP contribution in [-0.2, 0) is 9.53 Å². The van der Waals surface area contributed by atoms with E-state index in [0.717, 1.165) is 11.1 Å². The lowest BCUT2D eigenvalue weighted by molar-refractivity contribution is -0.141. The summed E-state index contributed by atoms with van der Waals surface area (Å²) >= 11 is 13.2. The van der Waals surface area contributed by atoms with Crippen LogP contribution in [0.2, 0.25) is 10.0 Å². The van der Waals surface area contributed by atoms with Gasteiger partial charge in [0.2, 0.25) is 0 Å². The molecule has 39 heavy (non-hydrogen) atoms. The number of para-hydroxylation sites is 1. The zero-order chi connectivity index (χ0) is 27.8. The first-order chi connectivity index (χ1) is 18.9. The molecule has 200 valence electrons. The van der Waals surface area contributed by atoms with Crippen LogP contribution >= 0.6 is 23.2 Å². The number of anilines is 2. The first kappa shape index (κ1) is 27.8. The third-order valence-electron chi connectivity index (χ3n) is 5.63. The predicted molar refractivity (Wildman–Crippen MR) is 154 cm³/mol. The number of hydrogen-bond donors (Lipinski definition) is 1. The average molecular weight is 565 g/mol. The number of nitrogens with zero attached hydrogens (tertiary/aromatic N) is 1. The van der Waals surface area contributed by atoms with E-state index < -0.39 is 12.0 Å². The van der Waals surface area contributed by atoms with Crippen molar-refractivity contribution in [3.63, 3.8) is 0 Å². The van der Waals surface area contributed by atoms with E-state index in [1.54, 1.807) is 50.4 Å². The van der Waals surface area contributed by atoms with Gasteiger partial charge in [-0.2, -0.15) is 0 Å². The van der Waals surface area contributed by atoms with Crippen LogP contribution in [0.15, 0.2) is 91.0 Å². The number of carbonyl (C=O) groups excluding carboxylic acids is 2. The van der Waals surface area contributed by atoms with Gasteiger partial charge in [0, 0.05) is 16.9 Å². The lowest BCUT2D eigenvalue weighted by atomic mass is 10.0. The summed E-state index contributed by atoms with van der Waals surface area (Å²) in [6, 6.07) is 26.4. The van der Waals surface area contributed by atoms with Crippen LogP contribution in [0.4, 0.5) is 16.2 Å². The number of amides is 2. The molecule has 2 amide bonds. The molecule has 0 radical (unpaired) electrons. The maximum atomic E-state index is 13.2. The highest BCUT2D eigenvalue weighted by atomic mass is 35.5. The van der Waals surface area contributed by atoms with Crippen molar-refractivity contribution in [2.24, 2.45) is 0 Å². The summed E-state index contributed by atoms with van der Waals surface area (Å²) in [5.41, 5.74) is 2.63.